The third kappa shape index (κ3) is 3.35. The van der Waals surface area contributed by atoms with Crippen molar-refractivity contribution in [2.45, 2.75) is 18.5 Å². The molecule has 4 rings (SSSR count). The predicted octanol–water partition coefficient (Wildman–Crippen LogP) is 4.42. The van der Waals surface area contributed by atoms with Gasteiger partial charge in [-0.15, -0.1) is 0 Å². The SMILES string of the molecule is O=C1CC(c2nc(-c3cccc(C(F)(F)F)c3)no2)CN1c1ccccc1F. The van der Waals surface area contributed by atoms with Gasteiger partial charge in [0, 0.05) is 18.5 Å². The number of benzene rings is 2. The molecule has 1 aromatic heterocycles. The lowest BCUT2D eigenvalue weighted by Crippen LogP contribution is -2.25. The van der Waals surface area contributed by atoms with E-state index in [9.17, 15) is 22.4 Å². The van der Waals surface area contributed by atoms with Gasteiger partial charge in [0.1, 0.15) is 5.82 Å². The smallest absolute Gasteiger partial charge is 0.339 e. The number of aromatic nitrogens is 2. The van der Waals surface area contributed by atoms with Crippen molar-refractivity contribution in [3.8, 4) is 11.4 Å². The molecule has 0 radical (unpaired) electrons. The summed E-state index contributed by atoms with van der Waals surface area (Å²) >= 11 is 0. The maximum absolute atomic E-state index is 14.0. The van der Waals surface area contributed by atoms with Crippen molar-refractivity contribution in [3.05, 3.63) is 65.8 Å². The largest absolute Gasteiger partial charge is 0.416 e. The van der Waals surface area contributed by atoms with Crippen molar-refractivity contribution in [1.82, 2.24) is 10.1 Å². The van der Waals surface area contributed by atoms with Crippen LogP contribution in [0.4, 0.5) is 23.2 Å². The maximum atomic E-state index is 14.0. The Labute approximate surface area is 156 Å². The Morgan fingerprint density at radius 1 is 1.11 bits per heavy atom. The van der Waals surface area contributed by atoms with Crippen molar-refractivity contribution >= 4 is 11.6 Å². The van der Waals surface area contributed by atoms with Crippen LogP contribution in [-0.2, 0) is 11.0 Å². The first kappa shape index (κ1) is 18.1. The molecule has 3 aromatic rings. The Morgan fingerprint density at radius 3 is 2.64 bits per heavy atom. The fourth-order valence-electron chi connectivity index (χ4n) is 3.13. The highest BCUT2D eigenvalue weighted by Crippen LogP contribution is 2.34. The van der Waals surface area contributed by atoms with Gasteiger partial charge in [-0.05, 0) is 24.3 Å². The first-order chi connectivity index (χ1) is 13.3. The van der Waals surface area contributed by atoms with Crippen molar-refractivity contribution in [1.29, 1.82) is 0 Å². The van der Waals surface area contributed by atoms with E-state index in [1.807, 2.05) is 0 Å². The van der Waals surface area contributed by atoms with Crippen molar-refractivity contribution < 1.29 is 26.9 Å². The molecule has 0 saturated carbocycles. The molecule has 5 nitrogen and oxygen atoms in total. The van der Waals surface area contributed by atoms with Crippen LogP contribution in [0.25, 0.3) is 11.4 Å². The second-order valence-electron chi connectivity index (χ2n) is 6.39. The minimum Gasteiger partial charge on any atom is -0.339 e. The van der Waals surface area contributed by atoms with E-state index in [-0.39, 0.29) is 41.8 Å². The van der Waals surface area contributed by atoms with Crippen LogP contribution in [0.1, 0.15) is 23.8 Å². The lowest BCUT2D eigenvalue weighted by Gasteiger charge is -2.16. The van der Waals surface area contributed by atoms with Crippen LogP contribution in [0.5, 0.6) is 0 Å². The monoisotopic (exact) mass is 391 g/mol. The van der Waals surface area contributed by atoms with Gasteiger partial charge in [0.15, 0.2) is 0 Å². The summed E-state index contributed by atoms with van der Waals surface area (Å²) in [7, 11) is 0. The molecule has 2 aromatic carbocycles. The van der Waals surface area contributed by atoms with Gasteiger partial charge in [0.05, 0.1) is 17.2 Å². The topological polar surface area (TPSA) is 59.2 Å². The van der Waals surface area contributed by atoms with Crippen molar-refractivity contribution in [3.63, 3.8) is 0 Å². The summed E-state index contributed by atoms with van der Waals surface area (Å²) in [6.07, 6.45) is -4.45. The summed E-state index contributed by atoms with van der Waals surface area (Å²) in [5.74, 6) is -1.17. The zero-order valence-corrected chi connectivity index (χ0v) is 14.3. The van der Waals surface area contributed by atoms with Crippen molar-refractivity contribution in [2.75, 3.05) is 11.4 Å². The number of amides is 1. The average molecular weight is 391 g/mol. The van der Waals surface area contributed by atoms with Gasteiger partial charge in [0.25, 0.3) is 0 Å². The molecule has 0 N–H and O–H groups in total. The summed E-state index contributed by atoms with van der Waals surface area (Å²) in [6.45, 7) is 0.143. The molecule has 0 bridgehead atoms. The van der Waals surface area contributed by atoms with E-state index < -0.39 is 23.5 Å². The highest BCUT2D eigenvalue weighted by Gasteiger charge is 2.36. The van der Waals surface area contributed by atoms with Crippen LogP contribution in [0.15, 0.2) is 53.1 Å². The molecular weight excluding hydrogens is 378 g/mol. The van der Waals surface area contributed by atoms with Crippen LogP contribution in [0, 0.1) is 5.82 Å². The van der Waals surface area contributed by atoms with Crippen LogP contribution in [0.3, 0.4) is 0 Å². The number of carbonyl (C=O) groups excluding carboxylic acids is 1. The summed E-state index contributed by atoms with van der Waals surface area (Å²) < 4.78 is 57.8. The van der Waals surface area contributed by atoms with Crippen LogP contribution < -0.4 is 4.90 Å². The van der Waals surface area contributed by atoms with E-state index in [1.165, 1.54) is 35.2 Å². The molecule has 1 aliphatic rings. The molecule has 1 saturated heterocycles. The standard InChI is InChI=1S/C19H13F4N3O2/c20-14-6-1-2-7-15(14)26-10-12(9-16(26)27)18-24-17(25-28-18)11-4-3-5-13(8-11)19(21,22)23/h1-8,12H,9-10H2. The lowest BCUT2D eigenvalue weighted by atomic mass is 10.1. The van der Waals surface area contributed by atoms with E-state index in [1.54, 1.807) is 6.07 Å². The minimum atomic E-state index is -4.49. The number of rotatable bonds is 3. The molecule has 0 aliphatic carbocycles. The third-order valence-electron chi connectivity index (χ3n) is 4.51. The molecule has 1 aliphatic heterocycles. The molecule has 1 amide bonds. The number of alkyl halides is 3. The number of anilines is 1. The molecule has 1 fully saturated rings. The van der Waals surface area contributed by atoms with Crippen LogP contribution in [-0.4, -0.2) is 22.6 Å². The van der Waals surface area contributed by atoms with Gasteiger partial charge in [-0.1, -0.05) is 29.4 Å². The van der Waals surface area contributed by atoms with Gasteiger partial charge in [-0.25, -0.2) is 4.39 Å². The van der Waals surface area contributed by atoms with E-state index in [2.05, 4.69) is 10.1 Å². The van der Waals surface area contributed by atoms with Gasteiger partial charge >= 0.3 is 6.18 Å². The summed E-state index contributed by atoms with van der Waals surface area (Å²) in [5, 5.41) is 3.74. The molecule has 2 heterocycles. The number of nitrogens with zero attached hydrogens (tertiary/aromatic N) is 3. The normalized spacial score (nSPS) is 17.4. The van der Waals surface area contributed by atoms with Gasteiger partial charge in [0.2, 0.25) is 17.6 Å². The second-order valence-corrected chi connectivity index (χ2v) is 6.39. The predicted molar refractivity (Wildman–Crippen MR) is 90.8 cm³/mol. The molecule has 1 unspecified atom stereocenters. The second kappa shape index (κ2) is 6.74. The van der Waals surface area contributed by atoms with E-state index in [0.717, 1.165) is 12.1 Å². The molecule has 28 heavy (non-hydrogen) atoms. The quantitative estimate of drug-likeness (QED) is 0.621. The van der Waals surface area contributed by atoms with Gasteiger partial charge in [-0.3, -0.25) is 4.79 Å². The Hall–Kier alpha value is -3.23. The van der Waals surface area contributed by atoms with Gasteiger partial charge < -0.3 is 9.42 Å². The molecule has 9 heteroatoms. The molecule has 1 atom stereocenters. The Bertz CT molecular complexity index is 1030. The fourth-order valence-corrected chi connectivity index (χ4v) is 3.13. The van der Waals surface area contributed by atoms with Crippen LogP contribution in [0.2, 0.25) is 0 Å². The number of para-hydroxylation sites is 1. The summed E-state index contributed by atoms with van der Waals surface area (Å²) in [5.41, 5.74) is -0.508. The summed E-state index contributed by atoms with van der Waals surface area (Å²) in [4.78, 5) is 17.7. The summed E-state index contributed by atoms with van der Waals surface area (Å²) in [6, 6.07) is 10.5. The number of halogens is 4. The first-order valence-corrected chi connectivity index (χ1v) is 8.39. The Balaban J connectivity index is 1.57. The van der Waals surface area contributed by atoms with E-state index in [0.29, 0.717) is 0 Å². The number of hydrogen-bond donors (Lipinski definition) is 0. The Kier molecular flexibility index (Phi) is 4.37. The highest BCUT2D eigenvalue weighted by atomic mass is 19.4. The number of hydrogen-bond acceptors (Lipinski definition) is 4. The maximum Gasteiger partial charge on any atom is 0.416 e. The van der Waals surface area contributed by atoms with Crippen LogP contribution >= 0.6 is 0 Å². The zero-order valence-electron chi connectivity index (χ0n) is 14.3. The zero-order chi connectivity index (χ0) is 19.9. The third-order valence-corrected chi connectivity index (χ3v) is 4.51. The molecular formula is C19H13F4N3O2. The van der Waals surface area contributed by atoms with Gasteiger partial charge in [-0.2, -0.15) is 18.2 Å². The first-order valence-electron chi connectivity index (χ1n) is 8.39. The van der Waals surface area contributed by atoms with Crippen molar-refractivity contribution in [2.24, 2.45) is 0 Å². The molecule has 0 spiro atoms. The number of carbonyl (C=O) groups is 1. The lowest BCUT2D eigenvalue weighted by molar-refractivity contribution is -0.137. The fraction of sp³-hybridized carbons (Fsp3) is 0.211. The minimum absolute atomic E-state index is 0.00195. The van der Waals surface area contributed by atoms with E-state index in [4.69, 9.17) is 4.52 Å². The Morgan fingerprint density at radius 2 is 1.89 bits per heavy atom. The average Bonchev–Trinajstić information content (AvgIpc) is 3.29. The highest BCUT2D eigenvalue weighted by molar-refractivity contribution is 5.96. The molecule has 144 valence electrons. The van der Waals surface area contributed by atoms with E-state index >= 15 is 0 Å².